The number of nitrogens with one attached hydrogen (secondary N) is 1. The number of anilines is 1. The first-order valence-corrected chi connectivity index (χ1v) is 8.63. The molecule has 0 spiro atoms. The van der Waals surface area contributed by atoms with E-state index in [2.05, 4.69) is 22.3 Å². The quantitative estimate of drug-likeness (QED) is 0.811. The van der Waals surface area contributed by atoms with Gasteiger partial charge in [-0.15, -0.1) is 0 Å². The SMILES string of the molecule is O=C(O)C(Cc1ccccc1)Nc1ccc(CN2CCOCC2)cc1. The van der Waals surface area contributed by atoms with E-state index in [9.17, 15) is 9.90 Å². The summed E-state index contributed by atoms with van der Waals surface area (Å²) in [6.07, 6.45) is 0.450. The van der Waals surface area contributed by atoms with Gasteiger partial charge in [-0.3, -0.25) is 4.90 Å². The van der Waals surface area contributed by atoms with E-state index in [0.29, 0.717) is 6.42 Å². The summed E-state index contributed by atoms with van der Waals surface area (Å²) < 4.78 is 5.36. The average Bonchev–Trinajstić information content (AvgIpc) is 2.64. The molecule has 2 N–H and O–H groups in total. The second kappa shape index (κ2) is 8.65. The van der Waals surface area contributed by atoms with E-state index in [4.69, 9.17) is 4.74 Å². The molecule has 2 aromatic rings. The Bertz CT molecular complexity index is 667. The van der Waals surface area contributed by atoms with Crippen LogP contribution in [0.5, 0.6) is 0 Å². The standard InChI is InChI=1S/C20H24N2O3/c23-20(24)19(14-16-4-2-1-3-5-16)21-18-8-6-17(7-9-18)15-22-10-12-25-13-11-22/h1-9,19,21H,10-15H2,(H,23,24). The van der Waals surface area contributed by atoms with Crippen molar-refractivity contribution >= 4 is 11.7 Å². The topological polar surface area (TPSA) is 61.8 Å². The number of carboxylic acids is 1. The molecule has 2 aromatic carbocycles. The highest BCUT2D eigenvalue weighted by Gasteiger charge is 2.18. The van der Waals surface area contributed by atoms with E-state index < -0.39 is 12.0 Å². The number of ether oxygens (including phenoxy) is 1. The summed E-state index contributed by atoms with van der Waals surface area (Å²) in [5.41, 5.74) is 3.06. The third kappa shape index (κ3) is 5.31. The first-order chi connectivity index (χ1) is 12.2. The van der Waals surface area contributed by atoms with E-state index in [0.717, 1.165) is 44.1 Å². The summed E-state index contributed by atoms with van der Waals surface area (Å²) in [6.45, 7) is 4.39. The van der Waals surface area contributed by atoms with Crippen LogP contribution < -0.4 is 5.32 Å². The smallest absolute Gasteiger partial charge is 0.326 e. The van der Waals surface area contributed by atoms with E-state index >= 15 is 0 Å². The highest BCUT2D eigenvalue weighted by Crippen LogP contribution is 2.15. The molecule has 1 atom stereocenters. The predicted octanol–water partition coefficient (Wildman–Crippen LogP) is 2.63. The van der Waals surface area contributed by atoms with Crippen LogP contribution in [0.1, 0.15) is 11.1 Å². The van der Waals surface area contributed by atoms with Crippen molar-refractivity contribution < 1.29 is 14.6 Å². The number of aliphatic carboxylic acids is 1. The number of benzene rings is 2. The van der Waals surface area contributed by atoms with Crippen molar-refractivity contribution in [2.75, 3.05) is 31.6 Å². The molecule has 1 fully saturated rings. The molecule has 0 amide bonds. The molecule has 0 aliphatic carbocycles. The molecular weight excluding hydrogens is 316 g/mol. The van der Waals surface area contributed by atoms with Gasteiger partial charge >= 0.3 is 5.97 Å². The van der Waals surface area contributed by atoms with Crippen molar-refractivity contribution in [2.24, 2.45) is 0 Å². The number of nitrogens with zero attached hydrogens (tertiary/aromatic N) is 1. The van der Waals surface area contributed by atoms with Gasteiger partial charge in [-0.1, -0.05) is 42.5 Å². The lowest BCUT2D eigenvalue weighted by Crippen LogP contribution is -2.35. The lowest BCUT2D eigenvalue weighted by molar-refractivity contribution is -0.137. The molecule has 0 bridgehead atoms. The molecule has 1 saturated heterocycles. The zero-order valence-electron chi connectivity index (χ0n) is 14.2. The lowest BCUT2D eigenvalue weighted by atomic mass is 10.1. The average molecular weight is 340 g/mol. The summed E-state index contributed by atoms with van der Waals surface area (Å²) >= 11 is 0. The minimum atomic E-state index is -0.846. The third-order valence-corrected chi connectivity index (χ3v) is 4.39. The van der Waals surface area contributed by atoms with Crippen LogP contribution in [-0.4, -0.2) is 48.3 Å². The molecule has 132 valence electrons. The van der Waals surface area contributed by atoms with Crippen molar-refractivity contribution in [3.8, 4) is 0 Å². The summed E-state index contributed by atoms with van der Waals surface area (Å²) in [4.78, 5) is 13.9. The summed E-state index contributed by atoms with van der Waals surface area (Å²) in [7, 11) is 0. The maximum Gasteiger partial charge on any atom is 0.326 e. The van der Waals surface area contributed by atoms with Gasteiger partial charge in [-0.2, -0.15) is 0 Å². The number of morpholine rings is 1. The van der Waals surface area contributed by atoms with Crippen LogP contribution >= 0.6 is 0 Å². The molecule has 5 nitrogen and oxygen atoms in total. The zero-order chi connectivity index (χ0) is 17.5. The van der Waals surface area contributed by atoms with Crippen molar-refractivity contribution in [2.45, 2.75) is 19.0 Å². The first kappa shape index (κ1) is 17.5. The van der Waals surface area contributed by atoms with Gasteiger partial charge in [0.25, 0.3) is 0 Å². The van der Waals surface area contributed by atoms with Gasteiger partial charge in [-0.05, 0) is 23.3 Å². The van der Waals surface area contributed by atoms with E-state index in [1.165, 1.54) is 5.56 Å². The van der Waals surface area contributed by atoms with Gasteiger partial charge < -0.3 is 15.2 Å². The van der Waals surface area contributed by atoms with E-state index in [1.807, 2.05) is 42.5 Å². The van der Waals surface area contributed by atoms with Gasteiger partial charge in [0.15, 0.2) is 0 Å². The van der Waals surface area contributed by atoms with Crippen LogP contribution in [0.2, 0.25) is 0 Å². The Morgan fingerprint density at radius 2 is 1.72 bits per heavy atom. The Kier molecular flexibility index (Phi) is 6.04. The maximum atomic E-state index is 11.6. The molecule has 3 rings (SSSR count). The van der Waals surface area contributed by atoms with Gasteiger partial charge in [0.1, 0.15) is 6.04 Å². The molecule has 1 aliphatic heterocycles. The number of hydrogen-bond donors (Lipinski definition) is 2. The zero-order valence-corrected chi connectivity index (χ0v) is 14.2. The second-order valence-electron chi connectivity index (χ2n) is 6.31. The van der Waals surface area contributed by atoms with Gasteiger partial charge in [0.2, 0.25) is 0 Å². The monoisotopic (exact) mass is 340 g/mol. The van der Waals surface area contributed by atoms with Gasteiger partial charge in [-0.25, -0.2) is 4.79 Å². The minimum Gasteiger partial charge on any atom is -0.480 e. The molecule has 5 heteroatoms. The normalized spacial score (nSPS) is 16.3. The second-order valence-corrected chi connectivity index (χ2v) is 6.31. The molecule has 1 unspecified atom stereocenters. The Labute approximate surface area is 148 Å². The Hall–Kier alpha value is -2.37. The Balaban J connectivity index is 1.59. The molecular formula is C20H24N2O3. The fourth-order valence-electron chi connectivity index (χ4n) is 2.97. The molecule has 25 heavy (non-hydrogen) atoms. The van der Waals surface area contributed by atoms with E-state index in [-0.39, 0.29) is 0 Å². The van der Waals surface area contributed by atoms with Crippen LogP contribution in [0.4, 0.5) is 5.69 Å². The van der Waals surface area contributed by atoms with Crippen LogP contribution in [0, 0.1) is 0 Å². The minimum absolute atomic E-state index is 0.450. The largest absolute Gasteiger partial charge is 0.480 e. The number of carboxylic acid groups (broad SMARTS) is 1. The van der Waals surface area contributed by atoms with Crippen LogP contribution in [0.25, 0.3) is 0 Å². The third-order valence-electron chi connectivity index (χ3n) is 4.39. The van der Waals surface area contributed by atoms with Crippen LogP contribution in [0.15, 0.2) is 54.6 Å². The molecule has 0 aromatic heterocycles. The van der Waals surface area contributed by atoms with Crippen LogP contribution in [-0.2, 0) is 22.5 Å². The predicted molar refractivity (Wildman–Crippen MR) is 97.7 cm³/mol. The van der Waals surface area contributed by atoms with Crippen molar-refractivity contribution in [1.29, 1.82) is 0 Å². The highest BCUT2D eigenvalue weighted by molar-refractivity contribution is 5.77. The summed E-state index contributed by atoms with van der Waals surface area (Å²) in [5, 5.41) is 12.6. The summed E-state index contributed by atoms with van der Waals surface area (Å²) in [5.74, 6) is -0.846. The maximum absolute atomic E-state index is 11.6. The van der Waals surface area contributed by atoms with E-state index in [1.54, 1.807) is 0 Å². The number of rotatable bonds is 7. The molecule has 0 saturated carbocycles. The van der Waals surface area contributed by atoms with Gasteiger partial charge in [0.05, 0.1) is 13.2 Å². The molecule has 1 heterocycles. The number of carbonyl (C=O) groups is 1. The Morgan fingerprint density at radius 1 is 1.04 bits per heavy atom. The Morgan fingerprint density at radius 3 is 2.36 bits per heavy atom. The number of hydrogen-bond acceptors (Lipinski definition) is 4. The van der Waals surface area contributed by atoms with Gasteiger partial charge in [0, 0.05) is 31.7 Å². The van der Waals surface area contributed by atoms with Crippen molar-refractivity contribution in [3.05, 3.63) is 65.7 Å². The molecule has 0 radical (unpaired) electrons. The highest BCUT2D eigenvalue weighted by atomic mass is 16.5. The summed E-state index contributed by atoms with van der Waals surface area (Å²) in [6, 6.07) is 17.0. The fourth-order valence-corrected chi connectivity index (χ4v) is 2.97. The first-order valence-electron chi connectivity index (χ1n) is 8.63. The molecule has 1 aliphatic rings. The van der Waals surface area contributed by atoms with Crippen molar-refractivity contribution in [3.63, 3.8) is 0 Å². The van der Waals surface area contributed by atoms with Crippen molar-refractivity contribution in [1.82, 2.24) is 4.90 Å². The lowest BCUT2D eigenvalue weighted by Gasteiger charge is -2.26. The fraction of sp³-hybridized carbons (Fsp3) is 0.350. The van der Waals surface area contributed by atoms with Crippen LogP contribution in [0.3, 0.4) is 0 Å².